The van der Waals surface area contributed by atoms with Gasteiger partial charge in [-0.05, 0) is 0 Å². The zero-order valence-corrected chi connectivity index (χ0v) is 7.69. The first kappa shape index (κ1) is 9.75. The van der Waals surface area contributed by atoms with Crippen LogP contribution >= 0.6 is 12.2 Å². The SMILES string of the molecule is Nc1nc(=S)c(N)c(NCCO)[nH]1. The monoisotopic (exact) mass is 201 g/mol. The van der Waals surface area contributed by atoms with E-state index in [1.165, 1.54) is 0 Å². The smallest absolute Gasteiger partial charge is 0.200 e. The fourth-order valence-corrected chi connectivity index (χ4v) is 1.02. The molecule has 1 aromatic rings. The summed E-state index contributed by atoms with van der Waals surface area (Å²) < 4.78 is 0.247. The number of nitrogen functional groups attached to an aromatic ring is 2. The van der Waals surface area contributed by atoms with Crippen LogP contribution in [0, 0.1) is 4.64 Å². The Bertz CT molecular complexity index is 349. The van der Waals surface area contributed by atoms with E-state index in [0.717, 1.165) is 0 Å². The van der Waals surface area contributed by atoms with Crippen LogP contribution in [0.3, 0.4) is 0 Å². The highest BCUT2D eigenvalue weighted by Gasteiger charge is 2.02. The van der Waals surface area contributed by atoms with Crippen molar-refractivity contribution in [3.63, 3.8) is 0 Å². The number of nitrogens with zero attached hydrogens (tertiary/aromatic N) is 1. The number of aromatic nitrogens is 2. The number of aromatic amines is 1. The van der Waals surface area contributed by atoms with Crippen molar-refractivity contribution in [3.8, 4) is 0 Å². The number of anilines is 3. The van der Waals surface area contributed by atoms with E-state index in [1.807, 2.05) is 0 Å². The highest BCUT2D eigenvalue weighted by Crippen LogP contribution is 2.15. The molecule has 1 rings (SSSR count). The summed E-state index contributed by atoms with van der Waals surface area (Å²) in [5, 5.41) is 11.4. The topological polar surface area (TPSA) is 113 Å². The van der Waals surface area contributed by atoms with E-state index in [4.69, 9.17) is 28.8 Å². The summed E-state index contributed by atoms with van der Waals surface area (Å²) in [6.45, 7) is 0.376. The number of hydrogen-bond donors (Lipinski definition) is 5. The summed E-state index contributed by atoms with van der Waals surface area (Å²) in [5.74, 6) is 0.686. The molecular weight excluding hydrogens is 190 g/mol. The predicted molar refractivity (Wildman–Crippen MR) is 53.8 cm³/mol. The average Bonchev–Trinajstić information content (AvgIpc) is 2.09. The van der Waals surface area contributed by atoms with Gasteiger partial charge >= 0.3 is 0 Å². The maximum absolute atomic E-state index is 8.57. The molecule has 0 atom stereocenters. The molecule has 72 valence electrons. The molecule has 0 saturated carbocycles. The molecule has 0 spiro atoms. The lowest BCUT2D eigenvalue weighted by atomic mass is 10.4. The van der Waals surface area contributed by atoms with Gasteiger partial charge in [-0.25, -0.2) is 4.98 Å². The Hall–Kier alpha value is -1.34. The van der Waals surface area contributed by atoms with Crippen molar-refractivity contribution in [1.29, 1.82) is 0 Å². The molecule has 0 aliphatic heterocycles. The van der Waals surface area contributed by atoms with Crippen LogP contribution in [0.25, 0.3) is 0 Å². The van der Waals surface area contributed by atoms with Crippen molar-refractivity contribution in [2.24, 2.45) is 0 Å². The fraction of sp³-hybridized carbons (Fsp3) is 0.333. The molecule has 0 saturated heterocycles. The summed E-state index contributed by atoms with van der Waals surface area (Å²) >= 11 is 4.84. The van der Waals surface area contributed by atoms with Crippen LogP contribution in [0.15, 0.2) is 0 Å². The number of aliphatic hydroxyl groups is 1. The Morgan fingerprint density at radius 3 is 2.85 bits per heavy atom. The van der Waals surface area contributed by atoms with Crippen LogP contribution in [-0.4, -0.2) is 28.2 Å². The second-order valence-electron chi connectivity index (χ2n) is 2.37. The minimum Gasteiger partial charge on any atom is -0.395 e. The van der Waals surface area contributed by atoms with Crippen LogP contribution in [0.4, 0.5) is 17.5 Å². The molecule has 7 N–H and O–H groups in total. The molecule has 0 radical (unpaired) electrons. The van der Waals surface area contributed by atoms with E-state index in [2.05, 4.69) is 15.3 Å². The zero-order valence-electron chi connectivity index (χ0n) is 6.87. The van der Waals surface area contributed by atoms with Gasteiger partial charge in [-0.1, -0.05) is 12.2 Å². The second-order valence-corrected chi connectivity index (χ2v) is 2.75. The highest BCUT2D eigenvalue weighted by atomic mass is 32.1. The van der Waals surface area contributed by atoms with Crippen LogP contribution in [0.5, 0.6) is 0 Å². The molecular formula is C6H11N5OS. The van der Waals surface area contributed by atoms with Crippen molar-refractivity contribution >= 4 is 29.7 Å². The minimum absolute atomic E-state index is 0.00225. The molecule has 7 heteroatoms. The molecule has 1 heterocycles. The molecule has 6 nitrogen and oxygen atoms in total. The Balaban J connectivity index is 2.99. The van der Waals surface area contributed by atoms with E-state index in [1.54, 1.807) is 0 Å². The van der Waals surface area contributed by atoms with E-state index in [0.29, 0.717) is 18.1 Å². The molecule has 0 fully saturated rings. The number of rotatable bonds is 3. The normalized spacial score (nSPS) is 9.92. The largest absolute Gasteiger partial charge is 0.395 e. The number of hydrogen-bond acceptors (Lipinski definition) is 6. The van der Waals surface area contributed by atoms with Gasteiger partial charge in [-0.15, -0.1) is 0 Å². The van der Waals surface area contributed by atoms with E-state index in [-0.39, 0.29) is 17.2 Å². The average molecular weight is 201 g/mol. The predicted octanol–water partition coefficient (Wildman–Crippen LogP) is -0.292. The van der Waals surface area contributed by atoms with E-state index in [9.17, 15) is 0 Å². The summed E-state index contributed by atoms with van der Waals surface area (Å²) in [5.41, 5.74) is 11.3. The van der Waals surface area contributed by atoms with E-state index < -0.39 is 0 Å². The standard InChI is InChI=1S/C6H11N5OS/c7-3-4(9-1-2-12)10-6(8)11-5(3)13/h12H,1-2,7H2,(H4,8,9,10,11,13). The first-order valence-electron chi connectivity index (χ1n) is 3.65. The maximum Gasteiger partial charge on any atom is 0.200 e. The summed E-state index contributed by atoms with van der Waals surface area (Å²) in [6, 6.07) is 0. The van der Waals surface area contributed by atoms with Crippen LogP contribution in [-0.2, 0) is 0 Å². The fourth-order valence-electron chi connectivity index (χ4n) is 0.820. The summed E-state index contributed by atoms with van der Waals surface area (Å²) in [6.07, 6.45) is 0. The van der Waals surface area contributed by atoms with Gasteiger partial charge in [0.05, 0.1) is 6.61 Å². The van der Waals surface area contributed by atoms with Gasteiger partial charge in [-0.2, -0.15) is 0 Å². The minimum atomic E-state index is 0.00225. The zero-order chi connectivity index (χ0) is 9.84. The molecule has 0 amide bonds. The molecule has 0 aliphatic carbocycles. The van der Waals surface area contributed by atoms with Crippen LogP contribution in [0.2, 0.25) is 0 Å². The van der Waals surface area contributed by atoms with Crippen LogP contribution in [0.1, 0.15) is 0 Å². The second kappa shape index (κ2) is 4.06. The molecule has 0 aromatic carbocycles. The molecule has 0 bridgehead atoms. The molecule has 0 aliphatic rings. The van der Waals surface area contributed by atoms with Gasteiger partial charge in [0.25, 0.3) is 0 Å². The first-order valence-corrected chi connectivity index (χ1v) is 4.06. The lowest BCUT2D eigenvalue weighted by Crippen LogP contribution is -2.11. The van der Waals surface area contributed by atoms with Crippen LogP contribution < -0.4 is 16.8 Å². The number of nitrogens with two attached hydrogens (primary N) is 2. The summed E-state index contributed by atoms with van der Waals surface area (Å²) in [7, 11) is 0. The van der Waals surface area contributed by atoms with Gasteiger partial charge in [-0.3, -0.25) is 0 Å². The maximum atomic E-state index is 8.57. The van der Waals surface area contributed by atoms with Gasteiger partial charge in [0, 0.05) is 6.54 Å². The number of nitrogens with one attached hydrogen (secondary N) is 2. The molecule has 0 unspecified atom stereocenters. The number of aliphatic hydroxyl groups excluding tert-OH is 1. The van der Waals surface area contributed by atoms with Gasteiger partial charge < -0.3 is 26.9 Å². The van der Waals surface area contributed by atoms with Crippen molar-refractivity contribution in [3.05, 3.63) is 4.64 Å². The quantitative estimate of drug-likeness (QED) is 0.429. The lowest BCUT2D eigenvalue weighted by Gasteiger charge is -2.07. The summed E-state index contributed by atoms with van der Waals surface area (Å²) in [4.78, 5) is 6.46. The Morgan fingerprint density at radius 1 is 1.54 bits per heavy atom. The van der Waals surface area contributed by atoms with Crippen molar-refractivity contribution in [2.45, 2.75) is 0 Å². The lowest BCUT2D eigenvalue weighted by molar-refractivity contribution is 0.311. The van der Waals surface area contributed by atoms with Gasteiger partial charge in [0.15, 0.2) is 10.6 Å². The number of H-pyrrole nitrogens is 1. The van der Waals surface area contributed by atoms with Gasteiger partial charge in [0.2, 0.25) is 0 Å². The van der Waals surface area contributed by atoms with Crippen molar-refractivity contribution < 1.29 is 5.11 Å². The van der Waals surface area contributed by atoms with Crippen molar-refractivity contribution in [1.82, 2.24) is 9.97 Å². The van der Waals surface area contributed by atoms with E-state index >= 15 is 0 Å². The molecule has 1 aromatic heterocycles. The first-order chi connectivity index (χ1) is 6.15. The van der Waals surface area contributed by atoms with Crippen molar-refractivity contribution in [2.75, 3.05) is 29.9 Å². The van der Waals surface area contributed by atoms with Gasteiger partial charge in [0.1, 0.15) is 11.5 Å². The highest BCUT2D eigenvalue weighted by molar-refractivity contribution is 7.71. The Kier molecular flexibility index (Phi) is 3.04. The third-order valence-corrected chi connectivity index (χ3v) is 1.70. The molecule has 13 heavy (non-hydrogen) atoms. The Morgan fingerprint density at radius 2 is 2.23 bits per heavy atom. The Labute approximate surface area is 80.0 Å². The third-order valence-electron chi connectivity index (χ3n) is 1.39. The third kappa shape index (κ3) is 2.30.